The lowest BCUT2D eigenvalue weighted by molar-refractivity contribution is -0.137. The summed E-state index contributed by atoms with van der Waals surface area (Å²) in [7, 11) is 1.77. The van der Waals surface area contributed by atoms with Crippen molar-refractivity contribution in [2.24, 2.45) is 0 Å². The average Bonchev–Trinajstić information content (AvgIpc) is 2.80. The lowest BCUT2D eigenvalue weighted by Gasteiger charge is -2.32. The summed E-state index contributed by atoms with van der Waals surface area (Å²) in [5, 5.41) is 15.5. The highest BCUT2D eigenvalue weighted by Gasteiger charge is 2.36. The normalized spacial score (nSPS) is 14.4. The SMILES string of the molecule is CNCc1cnc2ccc(Cl)nc2c1Nc1ccc(N2CCB(C#N)CC2)c(C(F)(F)F)c1. The minimum Gasteiger partial charge on any atom is -0.372 e. The van der Waals surface area contributed by atoms with Crippen molar-refractivity contribution in [1.82, 2.24) is 15.3 Å². The van der Waals surface area contributed by atoms with E-state index in [-0.39, 0.29) is 23.2 Å². The van der Waals surface area contributed by atoms with Gasteiger partial charge in [0, 0.05) is 48.7 Å². The summed E-state index contributed by atoms with van der Waals surface area (Å²) in [5.74, 6) is 2.21. The van der Waals surface area contributed by atoms with Crippen LogP contribution >= 0.6 is 11.6 Å². The van der Waals surface area contributed by atoms with Gasteiger partial charge in [0.1, 0.15) is 10.7 Å². The van der Waals surface area contributed by atoms with Crippen LogP contribution in [0.25, 0.3) is 11.0 Å². The van der Waals surface area contributed by atoms with Gasteiger partial charge in [-0.05, 0) is 50.0 Å². The van der Waals surface area contributed by atoms with Crippen molar-refractivity contribution in [3.8, 4) is 5.97 Å². The summed E-state index contributed by atoms with van der Waals surface area (Å²) in [4.78, 5) is 10.4. The molecule has 0 unspecified atom stereocenters. The van der Waals surface area contributed by atoms with Gasteiger partial charge in [-0.15, -0.1) is 0 Å². The Morgan fingerprint density at radius 2 is 1.97 bits per heavy atom. The van der Waals surface area contributed by atoms with E-state index in [1.807, 2.05) is 0 Å². The molecule has 0 bridgehead atoms. The van der Waals surface area contributed by atoms with E-state index in [0.29, 0.717) is 49.0 Å². The van der Waals surface area contributed by atoms with E-state index in [0.717, 1.165) is 11.6 Å². The Kier molecular flexibility index (Phi) is 6.63. The van der Waals surface area contributed by atoms with Crippen molar-refractivity contribution >= 4 is 46.4 Å². The number of nitrogens with zero attached hydrogens (tertiary/aromatic N) is 4. The molecule has 33 heavy (non-hydrogen) atoms. The number of rotatable bonds is 5. The first-order valence-corrected chi connectivity index (χ1v) is 10.9. The molecule has 3 heterocycles. The van der Waals surface area contributed by atoms with Crippen LogP contribution in [0.2, 0.25) is 17.8 Å². The average molecular weight is 473 g/mol. The van der Waals surface area contributed by atoms with Gasteiger partial charge in [-0.3, -0.25) is 4.98 Å². The van der Waals surface area contributed by atoms with Crippen molar-refractivity contribution in [2.45, 2.75) is 25.4 Å². The first kappa shape index (κ1) is 23.1. The van der Waals surface area contributed by atoms with Crippen LogP contribution in [0.15, 0.2) is 36.5 Å². The zero-order valence-corrected chi connectivity index (χ0v) is 18.6. The number of pyridine rings is 2. The van der Waals surface area contributed by atoms with Crippen molar-refractivity contribution in [3.05, 3.63) is 52.8 Å². The topological polar surface area (TPSA) is 76.9 Å². The van der Waals surface area contributed by atoms with Crippen molar-refractivity contribution in [1.29, 1.82) is 5.26 Å². The number of nitrogens with one attached hydrogen (secondary N) is 2. The van der Waals surface area contributed by atoms with Crippen LogP contribution < -0.4 is 15.5 Å². The number of anilines is 3. The minimum atomic E-state index is -4.53. The molecule has 4 rings (SSSR count). The molecule has 0 aliphatic carbocycles. The van der Waals surface area contributed by atoms with Crippen LogP contribution in [0.4, 0.5) is 30.2 Å². The molecule has 0 atom stereocenters. The van der Waals surface area contributed by atoms with Crippen LogP contribution in [0.5, 0.6) is 0 Å². The molecule has 1 aliphatic rings. The van der Waals surface area contributed by atoms with Crippen molar-refractivity contribution < 1.29 is 13.2 Å². The molecule has 11 heteroatoms. The van der Waals surface area contributed by atoms with E-state index >= 15 is 0 Å². The van der Waals surface area contributed by atoms with E-state index in [1.54, 1.807) is 36.3 Å². The Labute approximate surface area is 194 Å². The molecule has 0 radical (unpaired) electrons. The van der Waals surface area contributed by atoms with Gasteiger partial charge in [0.25, 0.3) is 6.71 Å². The zero-order chi connectivity index (χ0) is 23.6. The van der Waals surface area contributed by atoms with Crippen LogP contribution in [0, 0.1) is 11.2 Å². The summed E-state index contributed by atoms with van der Waals surface area (Å²) >= 11 is 6.08. The predicted octanol–water partition coefficient (Wildman–Crippen LogP) is 5.14. The highest BCUT2D eigenvalue weighted by molar-refractivity contribution is 6.67. The lowest BCUT2D eigenvalue weighted by atomic mass is 9.45. The molecule has 2 aromatic heterocycles. The fraction of sp³-hybridized carbons (Fsp3) is 0.318. The number of fused-ring (bicyclic) bond motifs is 1. The number of benzene rings is 1. The second-order valence-corrected chi connectivity index (χ2v) is 8.32. The first-order chi connectivity index (χ1) is 15.8. The third kappa shape index (κ3) is 4.99. The Morgan fingerprint density at radius 3 is 2.64 bits per heavy atom. The van der Waals surface area contributed by atoms with Crippen LogP contribution in [0.1, 0.15) is 11.1 Å². The number of hydrogen-bond donors (Lipinski definition) is 2. The summed E-state index contributed by atoms with van der Waals surface area (Å²) in [5.41, 5.74) is 2.04. The van der Waals surface area contributed by atoms with Crippen molar-refractivity contribution in [2.75, 3.05) is 30.4 Å². The number of aromatic nitrogens is 2. The first-order valence-electron chi connectivity index (χ1n) is 10.5. The van der Waals surface area contributed by atoms with Gasteiger partial charge in [0.2, 0.25) is 0 Å². The fourth-order valence-electron chi connectivity index (χ4n) is 4.05. The molecule has 2 N–H and O–H groups in total. The largest absolute Gasteiger partial charge is 0.418 e. The van der Waals surface area contributed by atoms with E-state index in [2.05, 4.69) is 26.6 Å². The number of alkyl halides is 3. The Balaban J connectivity index is 1.74. The lowest BCUT2D eigenvalue weighted by Crippen LogP contribution is -2.37. The van der Waals surface area contributed by atoms with Gasteiger partial charge in [-0.1, -0.05) is 11.6 Å². The van der Waals surface area contributed by atoms with Crippen LogP contribution in [-0.2, 0) is 12.7 Å². The van der Waals surface area contributed by atoms with Gasteiger partial charge in [0.15, 0.2) is 0 Å². The summed E-state index contributed by atoms with van der Waals surface area (Å²) in [6.07, 6.45) is -1.77. The molecular formula is C22H21BClF3N6. The van der Waals surface area contributed by atoms with Gasteiger partial charge in [-0.25, -0.2) is 10.2 Å². The molecule has 0 amide bonds. The summed E-state index contributed by atoms with van der Waals surface area (Å²) in [6.45, 7) is 1.16. The van der Waals surface area contributed by atoms with E-state index in [4.69, 9.17) is 16.9 Å². The minimum absolute atomic E-state index is 0.110. The molecule has 3 aromatic rings. The highest BCUT2D eigenvalue weighted by atomic mass is 35.5. The Morgan fingerprint density at radius 1 is 1.21 bits per heavy atom. The fourth-order valence-corrected chi connectivity index (χ4v) is 4.20. The molecule has 1 aromatic carbocycles. The second kappa shape index (κ2) is 9.45. The summed E-state index contributed by atoms with van der Waals surface area (Å²) in [6, 6.07) is 7.56. The van der Waals surface area contributed by atoms with E-state index in [1.165, 1.54) is 6.07 Å². The smallest absolute Gasteiger partial charge is 0.372 e. The van der Waals surface area contributed by atoms with Crippen LogP contribution in [0.3, 0.4) is 0 Å². The Hall–Kier alpha value is -3.03. The second-order valence-electron chi connectivity index (χ2n) is 7.94. The van der Waals surface area contributed by atoms with Gasteiger partial charge in [0.05, 0.1) is 16.8 Å². The highest BCUT2D eigenvalue weighted by Crippen LogP contribution is 2.40. The van der Waals surface area contributed by atoms with Gasteiger partial charge < -0.3 is 15.5 Å². The molecule has 6 nitrogen and oxygen atoms in total. The molecule has 1 aliphatic heterocycles. The molecule has 170 valence electrons. The van der Waals surface area contributed by atoms with Gasteiger partial charge in [-0.2, -0.15) is 13.2 Å². The Bertz CT molecular complexity index is 1210. The maximum Gasteiger partial charge on any atom is 0.418 e. The third-order valence-corrected chi connectivity index (χ3v) is 5.92. The number of halogens is 4. The third-order valence-electron chi connectivity index (χ3n) is 5.71. The summed E-state index contributed by atoms with van der Waals surface area (Å²) < 4.78 is 42.0. The maximum atomic E-state index is 14.0. The predicted molar refractivity (Wildman–Crippen MR) is 125 cm³/mol. The molecule has 0 saturated carbocycles. The molecule has 1 saturated heterocycles. The van der Waals surface area contributed by atoms with Crippen LogP contribution in [-0.4, -0.2) is 36.8 Å². The quantitative estimate of drug-likeness (QED) is 0.395. The zero-order valence-electron chi connectivity index (χ0n) is 17.9. The van der Waals surface area contributed by atoms with E-state index in [9.17, 15) is 13.2 Å². The van der Waals surface area contributed by atoms with Gasteiger partial charge >= 0.3 is 6.18 Å². The molecular weight excluding hydrogens is 452 g/mol. The van der Waals surface area contributed by atoms with E-state index < -0.39 is 11.7 Å². The number of nitriles is 1. The van der Waals surface area contributed by atoms with Crippen molar-refractivity contribution in [3.63, 3.8) is 0 Å². The maximum absolute atomic E-state index is 14.0. The number of hydrogen-bond acceptors (Lipinski definition) is 6. The molecule has 1 fully saturated rings. The standard InChI is InChI=1S/C22H21BClF3N6/c1-29-11-14-12-30-17-3-5-19(24)32-21(17)20(14)31-15-2-4-18(16(10-15)22(25,26)27)33-8-6-23(13-28)7-9-33/h2-5,10,12,29H,6-9,11H2,1H3,(H,30,31). The monoisotopic (exact) mass is 472 g/mol. The molecule has 0 spiro atoms.